The summed E-state index contributed by atoms with van der Waals surface area (Å²) in [6, 6.07) is 5.25. The molecule has 1 aromatic carbocycles. The Bertz CT molecular complexity index is 617. The first-order valence-corrected chi connectivity index (χ1v) is 8.89. The van der Waals surface area contributed by atoms with Crippen LogP contribution in [-0.2, 0) is 22.7 Å². The van der Waals surface area contributed by atoms with E-state index in [9.17, 15) is 21.6 Å². The molecule has 1 aliphatic rings. The first kappa shape index (κ1) is 17.2. The van der Waals surface area contributed by atoms with Crippen LogP contribution in [0.1, 0.15) is 24.0 Å². The lowest BCUT2D eigenvalue weighted by Crippen LogP contribution is -2.47. The van der Waals surface area contributed by atoms with E-state index in [-0.39, 0.29) is 18.2 Å². The Morgan fingerprint density at radius 3 is 2.64 bits per heavy atom. The van der Waals surface area contributed by atoms with Crippen LogP contribution >= 0.6 is 0 Å². The van der Waals surface area contributed by atoms with E-state index in [1.165, 1.54) is 12.1 Å². The first-order chi connectivity index (χ1) is 10.1. The second kappa shape index (κ2) is 6.55. The zero-order valence-corrected chi connectivity index (χ0v) is 13.0. The van der Waals surface area contributed by atoms with Crippen LogP contribution in [0.5, 0.6) is 0 Å². The summed E-state index contributed by atoms with van der Waals surface area (Å²) in [5.74, 6) is 0. The smallest absolute Gasteiger partial charge is 0.297 e. The molecule has 0 amide bonds. The molecule has 0 aromatic heterocycles. The van der Waals surface area contributed by atoms with E-state index in [1.807, 2.05) is 4.90 Å². The second-order valence-electron chi connectivity index (χ2n) is 5.62. The number of sulfonamides is 1. The fourth-order valence-electron chi connectivity index (χ4n) is 2.77. The number of likely N-dealkylation sites (tertiary alicyclic amines) is 1. The van der Waals surface area contributed by atoms with Gasteiger partial charge in [-0.25, -0.2) is 13.1 Å². The van der Waals surface area contributed by atoms with Crippen LogP contribution in [0.3, 0.4) is 0 Å². The van der Waals surface area contributed by atoms with Crippen molar-refractivity contribution in [1.82, 2.24) is 9.62 Å². The zero-order chi connectivity index (χ0) is 16.4. The van der Waals surface area contributed by atoms with Crippen molar-refractivity contribution in [1.29, 1.82) is 0 Å². The predicted octanol–water partition coefficient (Wildman–Crippen LogP) is 2.22. The highest BCUT2D eigenvalue weighted by Crippen LogP contribution is 2.32. The molecule has 1 atom stereocenters. The monoisotopic (exact) mass is 336 g/mol. The third-order valence-electron chi connectivity index (χ3n) is 3.60. The van der Waals surface area contributed by atoms with E-state index >= 15 is 0 Å². The molecule has 0 radical (unpaired) electrons. The minimum Gasteiger partial charge on any atom is -0.297 e. The number of benzene rings is 1. The van der Waals surface area contributed by atoms with Crippen LogP contribution in [0.2, 0.25) is 0 Å². The highest BCUT2D eigenvalue weighted by atomic mass is 32.2. The summed E-state index contributed by atoms with van der Waals surface area (Å²) in [6.07, 6.45) is -1.84. The van der Waals surface area contributed by atoms with Gasteiger partial charge in [0.25, 0.3) is 0 Å². The molecule has 0 aliphatic carbocycles. The summed E-state index contributed by atoms with van der Waals surface area (Å²) in [7, 11) is -3.31. The largest absolute Gasteiger partial charge is 0.416 e. The average Bonchev–Trinajstić information content (AvgIpc) is 2.36. The maximum absolute atomic E-state index is 13.0. The third kappa shape index (κ3) is 4.96. The summed E-state index contributed by atoms with van der Waals surface area (Å²) in [5.41, 5.74) is -0.414. The van der Waals surface area contributed by atoms with Gasteiger partial charge in [-0.15, -0.1) is 0 Å². The number of alkyl halides is 3. The Morgan fingerprint density at radius 1 is 1.32 bits per heavy atom. The number of rotatable bonds is 4. The highest BCUT2D eigenvalue weighted by molar-refractivity contribution is 7.88. The second-order valence-corrected chi connectivity index (χ2v) is 7.40. The lowest BCUT2D eigenvalue weighted by atomic mass is 10.0. The summed E-state index contributed by atoms with van der Waals surface area (Å²) in [6.45, 7) is 1.24. The van der Waals surface area contributed by atoms with Crippen LogP contribution in [0, 0.1) is 0 Å². The van der Waals surface area contributed by atoms with E-state index in [0.717, 1.165) is 18.7 Å². The van der Waals surface area contributed by atoms with Crippen molar-refractivity contribution in [3.63, 3.8) is 0 Å². The fraction of sp³-hybridized carbons (Fsp3) is 0.571. The Labute approximate surface area is 128 Å². The predicted molar refractivity (Wildman–Crippen MR) is 77.7 cm³/mol. The van der Waals surface area contributed by atoms with Gasteiger partial charge < -0.3 is 0 Å². The normalized spacial score (nSPS) is 21.0. The Hall–Kier alpha value is -1.12. The van der Waals surface area contributed by atoms with Crippen molar-refractivity contribution in [2.45, 2.75) is 31.6 Å². The maximum atomic E-state index is 13.0. The molecule has 2 rings (SSSR count). The zero-order valence-electron chi connectivity index (χ0n) is 12.2. The van der Waals surface area contributed by atoms with Gasteiger partial charge in [-0.1, -0.05) is 18.2 Å². The summed E-state index contributed by atoms with van der Waals surface area (Å²) >= 11 is 0. The molecule has 0 spiro atoms. The highest BCUT2D eigenvalue weighted by Gasteiger charge is 2.33. The molecule has 4 nitrogen and oxygen atoms in total. The fourth-order valence-corrected chi connectivity index (χ4v) is 3.57. The van der Waals surface area contributed by atoms with Crippen molar-refractivity contribution in [3.05, 3.63) is 35.4 Å². The number of nitrogens with zero attached hydrogens (tertiary/aromatic N) is 1. The van der Waals surface area contributed by atoms with Crippen molar-refractivity contribution < 1.29 is 21.6 Å². The van der Waals surface area contributed by atoms with Crippen molar-refractivity contribution in [3.8, 4) is 0 Å². The van der Waals surface area contributed by atoms with Gasteiger partial charge in [-0.05, 0) is 31.0 Å². The van der Waals surface area contributed by atoms with Crippen molar-refractivity contribution in [2.75, 3.05) is 19.3 Å². The maximum Gasteiger partial charge on any atom is 0.416 e. The Balaban J connectivity index is 2.08. The number of nitrogens with one attached hydrogen (secondary N) is 1. The van der Waals surface area contributed by atoms with Crippen LogP contribution in [0.4, 0.5) is 13.2 Å². The SMILES string of the molecule is CS(=O)(=O)NC1CCCN(Cc2ccccc2C(F)(F)F)C1. The molecule has 1 aliphatic heterocycles. The quantitative estimate of drug-likeness (QED) is 0.917. The molecule has 1 heterocycles. The van der Waals surface area contributed by atoms with Crippen molar-refractivity contribution in [2.24, 2.45) is 0 Å². The average molecular weight is 336 g/mol. The standard InChI is InChI=1S/C14H19F3N2O2S/c1-22(20,21)18-12-6-4-8-19(10-12)9-11-5-2-3-7-13(11)14(15,16)17/h2-3,5,7,12,18H,4,6,8-10H2,1H3. The first-order valence-electron chi connectivity index (χ1n) is 7.00. The minimum absolute atomic E-state index is 0.164. The Kier molecular flexibility index (Phi) is 5.14. The minimum atomic E-state index is -4.38. The number of piperidine rings is 1. The van der Waals surface area contributed by atoms with E-state index in [0.29, 0.717) is 19.5 Å². The van der Waals surface area contributed by atoms with Gasteiger partial charge >= 0.3 is 6.18 Å². The van der Waals surface area contributed by atoms with E-state index < -0.39 is 21.8 Å². The summed E-state index contributed by atoms with van der Waals surface area (Å²) in [4.78, 5) is 1.86. The van der Waals surface area contributed by atoms with Crippen LogP contribution in [0.25, 0.3) is 0 Å². The number of hydrogen-bond acceptors (Lipinski definition) is 3. The molecule has 1 saturated heterocycles. The van der Waals surface area contributed by atoms with Crippen LogP contribution in [-0.4, -0.2) is 38.7 Å². The third-order valence-corrected chi connectivity index (χ3v) is 4.36. The van der Waals surface area contributed by atoms with E-state index in [4.69, 9.17) is 0 Å². The molecule has 1 aromatic rings. The topological polar surface area (TPSA) is 49.4 Å². The lowest BCUT2D eigenvalue weighted by molar-refractivity contribution is -0.138. The van der Waals surface area contributed by atoms with Gasteiger partial charge in [0.2, 0.25) is 10.0 Å². The molecular weight excluding hydrogens is 317 g/mol. The number of hydrogen-bond donors (Lipinski definition) is 1. The van der Waals surface area contributed by atoms with E-state index in [1.54, 1.807) is 6.07 Å². The summed E-state index contributed by atoms with van der Waals surface area (Å²) < 4.78 is 64.0. The molecule has 1 N–H and O–H groups in total. The van der Waals surface area contributed by atoms with E-state index in [2.05, 4.69) is 4.72 Å². The van der Waals surface area contributed by atoms with Crippen molar-refractivity contribution >= 4 is 10.0 Å². The number of halogens is 3. The Morgan fingerprint density at radius 2 is 2.00 bits per heavy atom. The molecule has 0 saturated carbocycles. The van der Waals surface area contributed by atoms with Gasteiger partial charge in [-0.3, -0.25) is 4.90 Å². The van der Waals surface area contributed by atoms with Gasteiger partial charge in [-0.2, -0.15) is 13.2 Å². The molecule has 22 heavy (non-hydrogen) atoms. The molecule has 124 valence electrons. The van der Waals surface area contributed by atoms with Gasteiger partial charge in [0.05, 0.1) is 11.8 Å². The van der Waals surface area contributed by atoms with Gasteiger partial charge in [0.1, 0.15) is 0 Å². The molecule has 1 fully saturated rings. The van der Waals surface area contributed by atoms with Crippen LogP contribution < -0.4 is 4.72 Å². The van der Waals surface area contributed by atoms with Crippen LogP contribution in [0.15, 0.2) is 24.3 Å². The molecule has 1 unspecified atom stereocenters. The lowest BCUT2D eigenvalue weighted by Gasteiger charge is -2.33. The van der Waals surface area contributed by atoms with Gasteiger partial charge in [0, 0.05) is 19.1 Å². The molecular formula is C14H19F3N2O2S. The molecule has 0 bridgehead atoms. The summed E-state index contributed by atoms with van der Waals surface area (Å²) in [5, 5.41) is 0. The van der Waals surface area contributed by atoms with Gasteiger partial charge in [0.15, 0.2) is 0 Å². The molecule has 8 heteroatoms.